The number of nitrogen functional groups attached to an aromatic ring is 1. The van der Waals surface area contributed by atoms with Crippen LogP contribution in [-0.4, -0.2) is 44.1 Å². The highest BCUT2D eigenvalue weighted by Crippen LogP contribution is 2.23. The first-order valence-corrected chi connectivity index (χ1v) is 10.2. The van der Waals surface area contributed by atoms with Gasteiger partial charge in [-0.3, -0.25) is 0 Å². The minimum Gasteiger partial charge on any atom is -0.394 e. The topological polar surface area (TPSA) is 112 Å². The number of unbranched alkanes of at least 4 members (excludes halogenated alkanes) is 1. The zero-order valence-corrected chi connectivity index (χ0v) is 18.2. The lowest BCUT2D eigenvalue weighted by molar-refractivity contribution is -0.0172. The Morgan fingerprint density at radius 3 is 2.45 bits per heavy atom. The Hall–Kier alpha value is -1.70. The van der Waals surface area contributed by atoms with Crippen LogP contribution in [0.25, 0.3) is 6.08 Å². The van der Waals surface area contributed by atoms with Crippen molar-refractivity contribution in [2.24, 2.45) is 0 Å². The third kappa shape index (κ3) is 9.10. The van der Waals surface area contributed by atoms with E-state index in [2.05, 4.69) is 23.0 Å². The molecule has 0 spiro atoms. The number of hydrogen-bond donors (Lipinski definition) is 4. The fourth-order valence-corrected chi connectivity index (χ4v) is 2.72. The zero-order valence-electron chi connectivity index (χ0n) is 16.7. The highest BCUT2D eigenvalue weighted by atomic mass is 35.5. The Morgan fingerprint density at radius 1 is 1.14 bits per heavy atom. The van der Waals surface area contributed by atoms with E-state index < -0.39 is 18.8 Å². The van der Waals surface area contributed by atoms with Crippen LogP contribution >= 0.6 is 23.2 Å². The summed E-state index contributed by atoms with van der Waals surface area (Å²) in [4.78, 5) is 8.01. The van der Waals surface area contributed by atoms with E-state index in [-0.39, 0.29) is 0 Å². The van der Waals surface area contributed by atoms with Gasteiger partial charge in [0.25, 0.3) is 0 Å². The smallest absolute Gasteiger partial charge is 0.134 e. The molecule has 2 atom stereocenters. The lowest BCUT2D eigenvalue weighted by Crippen LogP contribution is -2.29. The molecule has 1 unspecified atom stereocenters. The molecule has 1 aromatic heterocycles. The van der Waals surface area contributed by atoms with Gasteiger partial charge in [0.2, 0.25) is 0 Å². The third-order valence-electron chi connectivity index (χ3n) is 4.20. The summed E-state index contributed by atoms with van der Waals surface area (Å²) in [6, 6.07) is 5.22. The maximum absolute atomic E-state index is 9.43. The second kappa shape index (κ2) is 13.5. The number of aliphatic hydroxyl groups excluding tert-OH is 3. The summed E-state index contributed by atoms with van der Waals surface area (Å²) in [5.74, 6) is 0.555. The van der Waals surface area contributed by atoms with E-state index in [1.165, 1.54) is 6.33 Å². The molecule has 8 heteroatoms. The molecule has 2 rings (SSSR count). The van der Waals surface area contributed by atoms with Crippen molar-refractivity contribution >= 4 is 35.1 Å². The van der Waals surface area contributed by atoms with Gasteiger partial charge in [0.05, 0.1) is 28.5 Å². The molecule has 0 saturated carbocycles. The largest absolute Gasteiger partial charge is 0.394 e. The van der Waals surface area contributed by atoms with Gasteiger partial charge in [-0.15, -0.1) is 0 Å². The van der Waals surface area contributed by atoms with Gasteiger partial charge in [-0.2, -0.15) is 0 Å². The van der Waals surface area contributed by atoms with E-state index in [0.29, 0.717) is 28.7 Å². The summed E-state index contributed by atoms with van der Waals surface area (Å²) < 4.78 is 0. The highest BCUT2D eigenvalue weighted by Gasteiger charge is 2.14. The van der Waals surface area contributed by atoms with Crippen molar-refractivity contribution in [1.29, 1.82) is 0 Å². The average Bonchev–Trinajstić information content (AvgIpc) is 2.70. The van der Waals surface area contributed by atoms with Crippen LogP contribution in [0.15, 0.2) is 30.6 Å². The number of halogens is 2. The Balaban J connectivity index is 0.000000296. The molecule has 0 aliphatic heterocycles. The van der Waals surface area contributed by atoms with Gasteiger partial charge >= 0.3 is 0 Å². The van der Waals surface area contributed by atoms with Crippen LogP contribution in [0.4, 0.5) is 5.82 Å². The Kier molecular flexibility index (Phi) is 11.8. The first-order valence-electron chi connectivity index (χ1n) is 9.44. The molecule has 0 aliphatic rings. The number of allylic oxidation sites excluding steroid dienone is 1. The molecule has 0 aliphatic carbocycles. The van der Waals surface area contributed by atoms with Gasteiger partial charge in [-0.25, -0.2) is 9.97 Å². The maximum Gasteiger partial charge on any atom is 0.134 e. The van der Waals surface area contributed by atoms with Crippen molar-refractivity contribution < 1.29 is 15.3 Å². The van der Waals surface area contributed by atoms with Crippen LogP contribution in [0.2, 0.25) is 10.0 Å². The predicted octanol–water partition coefficient (Wildman–Crippen LogP) is 3.82. The Morgan fingerprint density at radius 2 is 1.86 bits per heavy atom. The summed E-state index contributed by atoms with van der Waals surface area (Å²) >= 11 is 11.6. The molecule has 1 heterocycles. The third-order valence-corrected chi connectivity index (χ3v) is 4.94. The molecular formula is C21H29Cl2N3O3. The van der Waals surface area contributed by atoms with Crippen molar-refractivity contribution in [3.63, 3.8) is 0 Å². The van der Waals surface area contributed by atoms with Gasteiger partial charge in [-0.05, 0) is 43.9 Å². The molecule has 5 N–H and O–H groups in total. The molecule has 160 valence electrons. The molecule has 0 saturated heterocycles. The first-order chi connectivity index (χ1) is 13.8. The summed E-state index contributed by atoms with van der Waals surface area (Å²) in [6.45, 7) is 3.63. The first kappa shape index (κ1) is 25.3. The number of aromatic nitrogens is 2. The van der Waals surface area contributed by atoms with E-state index in [0.717, 1.165) is 29.7 Å². The molecule has 0 amide bonds. The van der Waals surface area contributed by atoms with E-state index in [1.54, 1.807) is 12.1 Å². The number of hydrogen-bond acceptors (Lipinski definition) is 6. The molecule has 1 aromatic carbocycles. The average molecular weight is 442 g/mol. The number of nitrogens with two attached hydrogens (primary N) is 1. The second-order valence-electron chi connectivity index (χ2n) is 6.55. The molecular weight excluding hydrogens is 413 g/mol. The molecule has 0 radical (unpaired) electrons. The van der Waals surface area contributed by atoms with E-state index in [4.69, 9.17) is 39.1 Å². The maximum atomic E-state index is 9.43. The zero-order chi connectivity index (χ0) is 21.8. The Labute approximate surface area is 182 Å². The molecule has 0 fully saturated rings. The van der Waals surface area contributed by atoms with E-state index in [9.17, 15) is 5.11 Å². The molecule has 6 nitrogen and oxygen atoms in total. The normalized spacial score (nSPS) is 13.1. The van der Waals surface area contributed by atoms with Crippen LogP contribution in [0.5, 0.6) is 0 Å². The van der Waals surface area contributed by atoms with Crippen molar-refractivity contribution in [2.75, 3.05) is 12.3 Å². The fraction of sp³-hybridized carbons (Fsp3) is 0.429. The van der Waals surface area contributed by atoms with Gasteiger partial charge in [0, 0.05) is 5.56 Å². The number of aryl methyl sites for hydroxylation is 2. The van der Waals surface area contributed by atoms with Crippen molar-refractivity contribution in [3.05, 3.63) is 57.5 Å². The lowest BCUT2D eigenvalue weighted by atomic mass is 10.0. The monoisotopic (exact) mass is 441 g/mol. The molecule has 2 aromatic rings. The van der Waals surface area contributed by atoms with E-state index >= 15 is 0 Å². The summed E-state index contributed by atoms with van der Waals surface area (Å²) in [5, 5.41) is 28.2. The SMILES string of the molecule is CCC/C=C\c1c(C)ncnc1N.OCC(O)[C@@H](O)CCc1ccc(Cl)c(Cl)c1. The van der Waals surface area contributed by atoms with Crippen LogP contribution in [0.3, 0.4) is 0 Å². The van der Waals surface area contributed by atoms with Crippen molar-refractivity contribution in [2.45, 2.75) is 51.7 Å². The van der Waals surface area contributed by atoms with Crippen LogP contribution in [0, 0.1) is 6.92 Å². The standard InChI is InChI=1S/C11H14Cl2O3.C10H15N3/c12-8-3-1-7(5-9(8)13)2-4-10(15)11(16)6-14;1-3-4-5-6-9-8(2)12-7-13-10(9)11/h1,3,5,10-11,14-16H,2,4,6H2;5-7H,3-4H2,1-2H3,(H2,11,12,13)/b;6-5-/t10-,11?;/m0./s1. The molecule has 29 heavy (non-hydrogen) atoms. The quantitative estimate of drug-likeness (QED) is 0.495. The predicted molar refractivity (Wildman–Crippen MR) is 119 cm³/mol. The minimum atomic E-state index is -1.09. The highest BCUT2D eigenvalue weighted by molar-refractivity contribution is 6.42. The summed E-state index contributed by atoms with van der Waals surface area (Å²) in [5.41, 5.74) is 8.50. The van der Waals surface area contributed by atoms with Crippen LogP contribution in [0.1, 0.15) is 43.0 Å². The number of anilines is 1. The van der Waals surface area contributed by atoms with Gasteiger partial charge in [-0.1, -0.05) is 54.8 Å². The van der Waals surface area contributed by atoms with Crippen LogP contribution < -0.4 is 5.73 Å². The van der Waals surface area contributed by atoms with E-state index in [1.807, 2.05) is 19.1 Å². The number of aliphatic hydroxyl groups is 3. The lowest BCUT2D eigenvalue weighted by Gasteiger charge is -2.15. The van der Waals surface area contributed by atoms with Gasteiger partial charge in [0.15, 0.2) is 0 Å². The van der Waals surface area contributed by atoms with Crippen molar-refractivity contribution in [1.82, 2.24) is 9.97 Å². The van der Waals surface area contributed by atoms with Crippen molar-refractivity contribution in [3.8, 4) is 0 Å². The Bertz CT molecular complexity index is 768. The summed E-state index contributed by atoms with van der Waals surface area (Å²) in [6.07, 6.45) is 6.69. The fourth-order valence-electron chi connectivity index (χ4n) is 2.40. The minimum absolute atomic E-state index is 0.361. The number of rotatable bonds is 8. The molecule has 0 bridgehead atoms. The number of benzene rings is 1. The summed E-state index contributed by atoms with van der Waals surface area (Å²) in [7, 11) is 0. The van der Waals surface area contributed by atoms with Crippen LogP contribution in [-0.2, 0) is 6.42 Å². The van der Waals surface area contributed by atoms with Gasteiger partial charge < -0.3 is 21.1 Å². The number of nitrogens with zero attached hydrogens (tertiary/aromatic N) is 2. The van der Waals surface area contributed by atoms with Gasteiger partial charge in [0.1, 0.15) is 18.2 Å². The second-order valence-corrected chi connectivity index (χ2v) is 7.37.